The van der Waals surface area contributed by atoms with Gasteiger partial charge in [0.15, 0.2) is 0 Å². The summed E-state index contributed by atoms with van der Waals surface area (Å²) in [5, 5.41) is 3.17. The Kier molecular flexibility index (Phi) is 8.52. The number of nitrogens with zero attached hydrogens (tertiary/aromatic N) is 1. The van der Waals surface area contributed by atoms with E-state index in [1.54, 1.807) is 14.2 Å². The van der Waals surface area contributed by atoms with E-state index in [4.69, 9.17) is 14.5 Å². The molecular weight excluding hydrogens is 438 g/mol. The van der Waals surface area contributed by atoms with Gasteiger partial charge in [0, 0.05) is 19.4 Å². The average Bonchev–Trinajstić information content (AvgIpc) is 3.32. The molecule has 4 rings (SSSR count). The normalized spacial score (nSPS) is 12.9. The summed E-state index contributed by atoms with van der Waals surface area (Å²) in [6.45, 7) is 0.472. The molecule has 0 radical (unpaired) electrons. The zero-order valence-corrected chi connectivity index (χ0v) is 20.4. The summed E-state index contributed by atoms with van der Waals surface area (Å²) in [7, 11) is 3.33. The van der Waals surface area contributed by atoms with Crippen LogP contribution in [-0.2, 0) is 22.4 Å². The molecule has 0 aliphatic heterocycles. The maximum Gasteiger partial charge on any atom is 0.220 e. The Hall–Kier alpha value is -3.64. The van der Waals surface area contributed by atoms with Gasteiger partial charge >= 0.3 is 0 Å². The van der Waals surface area contributed by atoms with E-state index in [0.717, 1.165) is 35.4 Å². The summed E-state index contributed by atoms with van der Waals surface area (Å²) in [6.07, 6.45) is 2.61. The van der Waals surface area contributed by atoms with Crippen LogP contribution in [0, 0.1) is 0 Å². The number of methoxy groups -OCH3 is 2. The number of rotatable bonds is 12. The first-order chi connectivity index (χ1) is 17.1. The molecule has 0 spiro atoms. The largest absolute Gasteiger partial charge is 0.497 e. The molecule has 0 saturated heterocycles. The molecule has 1 amide bonds. The third kappa shape index (κ3) is 6.93. The van der Waals surface area contributed by atoms with E-state index >= 15 is 0 Å². The number of benzene rings is 3. The first-order valence-corrected chi connectivity index (χ1v) is 12.0. The third-order valence-corrected chi connectivity index (χ3v) is 6.21. The van der Waals surface area contributed by atoms with Crippen molar-refractivity contribution in [2.24, 2.45) is 0 Å². The number of nitrogens with one attached hydrogen (secondary N) is 2. The van der Waals surface area contributed by atoms with Crippen LogP contribution in [0.5, 0.6) is 5.75 Å². The second kappa shape index (κ2) is 12.2. The summed E-state index contributed by atoms with van der Waals surface area (Å²) < 4.78 is 10.7. The number of aromatic amines is 1. The number of ether oxygens (including phenoxy) is 2. The summed E-state index contributed by atoms with van der Waals surface area (Å²) >= 11 is 0. The van der Waals surface area contributed by atoms with E-state index in [2.05, 4.69) is 34.6 Å². The van der Waals surface area contributed by atoms with Crippen molar-refractivity contribution in [2.75, 3.05) is 20.8 Å². The van der Waals surface area contributed by atoms with Crippen LogP contribution in [0.15, 0.2) is 78.9 Å². The van der Waals surface area contributed by atoms with Crippen LogP contribution < -0.4 is 10.1 Å². The highest BCUT2D eigenvalue weighted by Crippen LogP contribution is 2.27. The van der Waals surface area contributed by atoms with Crippen LogP contribution in [0.4, 0.5) is 0 Å². The second-order valence-corrected chi connectivity index (χ2v) is 8.84. The number of H-pyrrole nitrogens is 1. The van der Waals surface area contributed by atoms with Gasteiger partial charge in [-0.1, -0.05) is 54.6 Å². The second-order valence-electron chi connectivity index (χ2n) is 8.84. The first kappa shape index (κ1) is 24.5. The molecule has 0 fully saturated rings. The highest BCUT2D eigenvalue weighted by Gasteiger charge is 2.20. The van der Waals surface area contributed by atoms with Crippen LogP contribution >= 0.6 is 0 Å². The van der Waals surface area contributed by atoms with Gasteiger partial charge in [-0.15, -0.1) is 0 Å². The molecule has 6 nitrogen and oxygen atoms in total. The predicted octanol–water partition coefficient (Wildman–Crippen LogP) is 5.05. The lowest BCUT2D eigenvalue weighted by atomic mass is 9.93. The van der Waals surface area contributed by atoms with Crippen LogP contribution in [0.3, 0.4) is 0 Å². The van der Waals surface area contributed by atoms with Crippen LogP contribution in [0.1, 0.15) is 35.7 Å². The van der Waals surface area contributed by atoms with Crippen molar-refractivity contribution in [3.05, 3.63) is 95.8 Å². The molecule has 1 aromatic heterocycles. The smallest absolute Gasteiger partial charge is 0.220 e. The van der Waals surface area contributed by atoms with E-state index < -0.39 is 0 Å². The Bertz CT molecular complexity index is 1170. The van der Waals surface area contributed by atoms with E-state index in [1.165, 1.54) is 11.1 Å². The molecular formula is C29H33N3O3. The van der Waals surface area contributed by atoms with Gasteiger partial charge in [0.2, 0.25) is 5.91 Å². The van der Waals surface area contributed by atoms with Crippen LogP contribution in [-0.4, -0.2) is 42.7 Å². The van der Waals surface area contributed by atoms with Crippen molar-refractivity contribution in [3.63, 3.8) is 0 Å². The number of fused-ring (bicyclic) bond motifs is 1. The molecule has 3 aromatic carbocycles. The van der Waals surface area contributed by atoms with Gasteiger partial charge in [0.25, 0.3) is 0 Å². The summed E-state index contributed by atoms with van der Waals surface area (Å²) in [4.78, 5) is 21.3. The van der Waals surface area contributed by atoms with Crippen molar-refractivity contribution < 1.29 is 14.3 Å². The van der Waals surface area contributed by atoms with Crippen LogP contribution in [0.2, 0.25) is 0 Å². The highest BCUT2D eigenvalue weighted by molar-refractivity contribution is 5.77. The van der Waals surface area contributed by atoms with Crippen molar-refractivity contribution in [1.82, 2.24) is 15.3 Å². The average molecular weight is 472 g/mol. The zero-order chi connectivity index (χ0) is 24.5. The third-order valence-electron chi connectivity index (χ3n) is 6.21. The zero-order valence-electron chi connectivity index (χ0n) is 20.4. The lowest BCUT2D eigenvalue weighted by Crippen LogP contribution is -2.39. The number of imidazole rings is 1. The maximum absolute atomic E-state index is 12.9. The van der Waals surface area contributed by atoms with Gasteiger partial charge in [0.1, 0.15) is 11.6 Å². The van der Waals surface area contributed by atoms with Gasteiger partial charge in [-0.3, -0.25) is 4.79 Å². The molecule has 0 aliphatic rings. The van der Waals surface area contributed by atoms with Crippen molar-refractivity contribution in [1.29, 1.82) is 0 Å². The van der Waals surface area contributed by atoms with Crippen LogP contribution in [0.25, 0.3) is 11.0 Å². The molecule has 182 valence electrons. The fourth-order valence-electron chi connectivity index (χ4n) is 4.40. The van der Waals surface area contributed by atoms with Gasteiger partial charge < -0.3 is 19.8 Å². The minimum absolute atomic E-state index is 0.0267. The molecule has 2 N–H and O–H groups in total. The topological polar surface area (TPSA) is 76.2 Å². The number of para-hydroxylation sites is 2. The fourth-order valence-corrected chi connectivity index (χ4v) is 4.40. The van der Waals surface area contributed by atoms with Gasteiger partial charge in [0.05, 0.1) is 30.8 Å². The molecule has 0 saturated carbocycles. The van der Waals surface area contributed by atoms with Crippen molar-refractivity contribution >= 4 is 16.9 Å². The van der Waals surface area contributed by atoms with Gasteiger partial charge in [-0.2, -0.15) is 0 Å². The quantitative estimate of drug-likeness (QED) is 0.303. The SMILES string of the molecule is COCC(Cc1ccccc1)NC(=O)CC[C@H](Cc1ccc(OC)cc1)c1nc2ccccc2[nH]1. The number of aromatic nitrogens is 2. The van der Waals surface area contributed by atoms with E-state index in [-0.39, 0.29) is 17.9 Å². The Morgan fingerprint density at radius 2 is 1.63 bits per heavy atom. The Balaban J connectivity index is 1.44. The minimum Gasteiger partial charge on any atom is -0.497 e. The summed E-state index contributed by atoms with van der Waals surface area (Å²) in [5.41, 5.74) is 4.30. The van der Waals surface area contributed by atoms with E-state index in [0.29, 0.717) is 19.4 Å². The molecule has 0 bridgehead atoms. The molecule has 1 unspecified atom stereocenters. The molecule has 0 aliphatic carbocycles. The lowest BCUT2D eigenvalue weighted by Gasteiger charge is -2.20. The predicted molar refractivity (Wildman–Crippen MR) is 139 cm³/mol. The molecule has 6 heteroatoms. The standard InChI is InChI=1S/C29H33N3O3/c1-34-20-24(19-21-8-4-3-5-9-21)30-28(33)17-14-23(18-22-12-15-25(35-2)16-13-22)29-31-26-10-6-7-11-27(26)32-29/h3-13,15-16,23-24H,14,17-20H2,1-2H3,(H,30,33)(H,31,32)/t23-,24?/m1/s1. The van der Waals surface area contributed by atoms with E-state index in [1.807, 2.05) is 54.6 Å². The van der Waals surface area contributed by atoms with E-state index in [9.17, 15) is 4.79 Å². The molecule has 2 atom stereocenters. The fraction of sp³-hybridized carbons (Fsp3) is 0.310. The molecule has 1 heterocycles. The molecule has 4 aromatic rings. The summed E-state index contributed by atoms with van der Waals surface area (Å²) in [5.74, 6) is 1.85. The number of carbonyl (C=O) groups excluding carboxylic acids is 1. The Labute approximate surface area is 206 Å². The molecule has 35 heavy (non-hydrogen) atoms. The number of amides is 1. The summed E-state index contributed by atoms with van der Waals surface area (Å²) in [6, 6.07) is 26.2. The lowest BCUT2D eigenvalue weighted by molar-refractivity contribution is -0.122. The first-order valence-electron chi connectivity index (χ1n) is 12.0. The monoisotopic (exact) mass is 471 g/mol. The Morgan fingerprint density at radius 3 is 2.34 bits per heavy atom. The number of carbonyl (C=O) groups is 1. The van der Waals surface area contributed by atoms with Crippen molar-refractivity contribution in [2.45, 2.75) is 37.6 Å². The van der Waals surface area contributed by atoms with Gasteiger partial charge in [-0.25, -0.2) is 4.98 Å². The van der Waals surface area contributed by atoms with Crippen molar-refractivity contribution in [3.8, 4) is 5.75 Å². The minimum atomic E-state index is -0.0684. The maximum atomic E-state index is 12.9. The number of hydrogen-bond donors (Lipinski definition) is 2. The van der Waals surface area contributed by atoms with Gasteiger partial charge in [-0.05, 0) is 54.7 Å². The Morgan fingerprint density at radius 1 is 0.914 bits per heavy atom. The highest BCUT2D eigenvalue weighted by atomic mass is 16.5. The number of hydrogen-bond acceptors (Lipinski definition) is 4.